The minimum absolute atomic E-state index is 0.0303. The second kappa shape index (κ2) is 7.51. The van der Waals surface area contributed by atoms with Crippen molar-refractivity contribution in [2.24, 2.45) is 0 Å². The molecule has 1 atom stereocenters. The molecule has 7 nitrogen and oxygen atoms in total. The second-order valence-electron chi connectivity index (χ2n) is 7.98. The van der Waals surface area contributed by atoms with Crippen molar-refractivity contribution in [3.63, 3.8) is 0 Å². The molecule has 0 N–H and O–H groups in total. The highest BCUT2D eigenvalue weighted by atomic mass is 19.3. The van der Waals surface area contributed by atoms with Gasteiger partial charge in [0.2, 0.25) is 5.88 Å². The molecule has 1 aliphatic heterocycles. The molecule has 0 spiro atoms. The zero-order valence-corrected chi connectivity index (χ0v) is 18.0. The van der Waals surface area contributed by atoms with Gasteiger partial charge < -0.3 is 9.30 Å². The lowest BCUT2D eigenvalue weighted by Crippen LogP contribution is -2.13. The zero-order valence-electron chi connectivity index (χ0n) is 18.0. The smallest absolute Gasteiger partial charge is 0.270 e. The van der Waals surface area contributed by atoms with Crippen LogP contribution in [0.2, 0.25) is 0 Å². The standard InChI is InChI=1S/C23H22F2N6O/c1-14-12-30(13-26-14)19-9-8-18(27-22(19)32-3)20-28-21-16(10-11-31(21)29-20)15-6-4-5-7-17(15)23(2,24)25/h4-9,12-13,16H,10-11H2,1-3H3/t16-/m0/s1. The molecule has 0 amide bonds. The number of hydrogen-bond donors (Lipinski definition) is 0. The highest BCUT2D eigenvalue weighted by Gasteiger charge is 2.35. The number of hydrogen-bond acceptors (Lipinski definition) is 5. The first-order valence-electron chi connectivity index (χ1n) is 10.3. The van der Waals surface area contributed by atoms with Crippen LogP contribution in [0.4, 0.5) is 8.78 Å². The first kappa shape index (κ1) is 20.3. The summed E-state index contributed by atoms with van der Waals surface area (Å²) in [7, 11) is 1.55. The first-order chi connectivity index (χ1) is 15.3. The molecular formula is C23H22F2N6O. The topological polar surface area (TPSA) is 70.7 Å². The Hall–Kier alpha value is -3.62. The molecule has 0 radical (unpaired) electrons. The van der Waals surface area contributed by atoms with Crippen molar-refractivity contribution in [3.8, 4) is 23.1 Å². The number of pyridine rings is 1. The Morgan fingerprint density at radius 1 is 1.12 bits per heavy atom. The van der Waals surface area contributed by atoms with Crippen LogP contribution < -0.4 is 4.74 Å². The molecule has 0 saturated heterocycles. The summed E-state index contributed by atoms with van der Waals surface area (Å²) in [5.74, 6) is -1.64. The van der Waals surface area contributed by atoms with E-state index in [1.165, 1.54) is 6.07 Å². The van der Waals surface area contributed by atoms with Gasteiger partial charge >= 0.3 is 0 Å². The summed E-state index contributed by atoms with van der Waals surface area (Å²) >= 11 is 0. The molecule has 32 heavy (non-hydrogen) atoms. The minimum Gasteiger partial charge on any atom is -0.479 e. The summed E-state index contributed by atoms with van der Waals surface area (Å²) in [5.41, 5.74) is 2.81. The van der Waals surface area contributed by atoms with E-state index in [1.54, 1.807) is 36.3 Å². The van der Waals surface area contributed by atoms with Crippen LogP contribution in [0, 0.1) is 6.92 Å². The summed E-state index contributed by atoms with van der Waals surface area (Å²) in [5, 5.41) is 4.59. The molecule has 0 aliphatic carbocycles. The lowest BCUT2D eigenvalue weighted by atomic mass is 9.90. The SMILES string of the molecule is COc1nc(-c2nc3n(n2)CC[C@H]3c2ccccc2C(C)(F)F)ccc1-n1cnc(C)c1. The summed E-state index contributed by atoms with van der Waals surface area (Å²) in [6.45, 7) is 3.45. The predicted molar refractivity (Wildman–Crippen MR) is 114 cm³/mol. The number of imidazole rings is 1. The Bertz CT molecular complexity index is 1290. The first-order valence-corrected chi connectivity index (χ1v) is 10.3. The van der Waals surface area contributed by atoms with Gasteiger partial charge in [-0.25, -0.2) is 28.4 Å². The van der Waals surface area contributed by atoms with Gasteiger partial charge in [-0.1, -0.05) is 24.3 Å². The number of ether oxygens (including phenoxy) is 1. The molecule has 9 heteroatoms. The number of aromatic nitrogens is 6. The van der Waals surface area contributed by atoms with Crippen LogP contribution in [0.15, 0.2) is 48.9 Å². The van der Waals surface area contributed by atoms with Crippen molar-refractivity contribution in [3.05, 3.63) is 71.6 Å². The van der Waals surface area contributed by atoms with E-state index < -0.39 is 5.92 Å². The number of alkyl halides is 2. The van der Waals surface area contributed by atoms with Crippen molar-refractivity contribution in [1.29, 1.82) is 0 Å². The molecule has 4 aromatic rings. The lowest BCUT2D eigenvalue weighted by Gasteiger charge is -2.19. The maximum atomic E-state index is 14.2. The Labute approximate surface area is 183 Å². The van der Waals surface area contributed by atoms with Crippen LogP contribution in [0.25, 0.3) is 17.2 Å². The van der Waals surface area contributed by atoms with Crippen molar-refractivity contribution >= 4 is 0 Å². The van der Waals surface area contributed by atoms with Gasteiger partial charge in [0.05, 0.1) is 19.1 Å². The molecule has 1 aliphatic rings. The molecule has 164 valence electrons. The van der Waals surface area contributed by atoms with Crippen LogP contribution in [0.5, 0.6) is 5.88 Å². The average Bonchev–Trinajstić information content (AvgIpc) is 3.48. The maximum Gasteiger partial charge on any atom is 0.270 e. The van der Waals surface area contributed by atoms with Crippen molar-refractivity contribution in [2.45, 2.75) is 38.7 Å². The van der Waals surface area contributed by atoms with Crippen LogP contribution >= 0.6 is 0 Å². The largest absolute Gasteiger partial charge is 0.479 e. The predicted octanol–water partition coefficient (Wildman–Crippen LogP) is 4.49. The van der Waals surface area contributed by atoms with Gasteiger partial charge in [0.15, 0.2) is 5.82 Å². The Balaban J connectivity index is 1.52. The van der Waals surface area contributed by atoms with Crippen LogP contribution in [0.3, 0.4) is 0 Å². The van der Waals surface area contributed by atoms with E-state index >= 15 is 0 Å². The third-order valence-electron chi connectivity index (χ3n) is 5.70. The van der Waals surface area contributed by atoms with E-state index in [0.29, 0.717) is 41.8 Å². The van der Waals surface area contributed by atoms with Gasteiger partial charge in [-0.05, 0) is 31.0 Å². The number of methoxy groups -OCH3 is 1. The monoisotopic (exact) mass is 436 g/mol. The molecule has 5 rings (SSSR count). The van der Waals surface area contributed by atoms with E-state index in [2.05, 4.69) is 15.1 Å². The summed E-state index contributed by atoms with van der Waals surface area (Å²) < 4.78 is 37.5. The van der Waals surface area contributed by atoms with Gasteiger partial charge in [0.1, 0.15) is 17.2 Å². The molecular weight excluding hydrogens is 414 g/mol. The number of halogens is 2. The molecule has 4 heterocycles. The fraction of sp³-hybridized carbons (Fsp3) is 0.304. The summed E-state index contributed by atoms with van der Waals surface area (Å²) in [6.07, 6.45) is 4.26. The van der Waals surface area contributed by atoms with Crippen LogP contribution in [0.1, 0.15) is 41.9 Å². The number of fused-ring (bicyclic) bond motifs is 1. The molecule has 1 aromatic carbocycles. The van der Waals surface area contributed by atoms with Crippen LogP contribution in [-0.4, -0.2) is 36.4 Å². The van der Waals surface area contributed by atoms with Gasteiger partial charge in [0, 0.05) is 31.1 Å². The molecule has 0 fully saturated rings. The molecule has 3 aromatic heterocycles. The third kappa shape index (κ3) is 3.43. The van der Waals surface area contributed by atoms with Gasteiger partial charge in [-0.3, -0.25) is 0 Å². The van der Waals surface area contributed by atoms with Gasteiger partial charge in [-0.2, -0.15) is 0 Å². The Kier molecular flexibility index (Phi) is 4.76. The number of aryl methyl sites for hydroxylation is 2. The maximum absolute atomic E-state index is 14.2. The summed E-state index contributed by atoms with van der Waals surface area (Å²) in [4.78, 5) is 13.5. The van der Waals surface area contributed by atoms with E-state index in [-0.39, 0.29) is 11.5 Å². The van der Waals surface area contributed by atoms with Crippen LogP contribution in [-0.2, 0) is 12.5 Å². The Morgan fingerprint density at radius 3 is 2.66 bits per heavy atom. The zero-order chi connectivity index (χ0) is 22.5. The third-order valence-corrected chi connectivity index (χ3v) is 5.70. The molecule has 0 bridgehead atoms. The molecule has 0 unspecified atom stereocenters. The summed E-state index contributed by atoms with van der Waals surface area (Å²) in [6, 6.07) is 10.4. The number of benzene rings is 1. The fourth-order valence-electron chi connectivity index (χ4n) is 4.22. The highest BCUT2D eigenvalue weighted by Crippen LogP contribution is 2.40. The molecule has 0 saturated carbocycles. The lowest BCUT2D eigenvalue weighted by molar-refractivity contribution is 0.0163. The van der Waals surface area contributed by atoms with Crippen molar-refractivity contribution < 1.29 is 13.5 Å². The number of rotatable bonds is 5. The van der Waals surface area contributed by atoms with E-state index in [1.807, 2.05) is 29.8 Å². The van der Waals surface area contributed by atoms with Gasteiger partial charge in [0.25, 0.3) is 5.92 Å². The van der Waals surface area contributed by atoms with E-state index in [9.17, 15) is 8.78 Å². The Morgan fingerprint density at radius 2 is 1.94 bits per heavy atom. The van der Waals surface area contributed by atoms with Crippen molar-refractivity contribution in [1.82, 2.24) is 29.3 Å². The number of nitrogens with zero attached hydrogens (tertiary/aromatic N) is 6. The van der Waals surface area contributed by atoms with Gasteiger partial charge in [-0.15, -0.1) is 5.10 Å². The highest BCUT2D eigenvalue weighted by molar-refractivity contribution is 5.56. The van der Waals surface area contributed by atoms with E-state index in [0.717, 1.165) is 18.3 Å². The minimum atomic E-state index is -2.93. The quantitative estimate of drug-likeness (QED) is 0.461. The fourth-order valence-corrected chi connectivity index (χ4v) is 4.22. The van der Waals surface area contributed by atoms with E-state index in [4.69, 9.17) is 9.72 Å². The van der Waals surface area contributed by atoms with Crippen molar-refractivity contribution in [2.75, 3.05) is 7.11 Å². The normalized spacial score (nSPS) is 15.7. The second-order valence-corrected chi connectivity index (χ2v) is 7.98. The average molecular weight is 436 g/mol.